The number of ether oxygens (including phenoxy) is 1. The van der Waals surface area contributed by atoms with Crippen LogP contribution in [0, 0.1) is 11.7 Å². The van der Waals surface area contributed by atoms with Crippen molar-refractivity contribution < 1.29 is 13.9 Å². The van der Waals surface area contributed by atoms with Crippen LogP contribution in [0.15, 0.2) is 24.3 Å². The highest BCUT2D eigenvalue weighted by Crippen LogP contribution is 2.29. The highest BCUT2D eigenvalue weighted by Gasteiger charge is 2.35. The quantitative estimate of drug-likeness (QED) is 0.723. The molecule has 2 saturated carbocycles. The van der Waals surface area contributed by atoms with E-state index in [0.717, 1.165) is 32.3 Å². The van der Waals surface area contributed by atoms with Crippen molar-refractivity contribution in [3.63, 3.8) is 0 Å². The van der Waals surface area contributed by atoms with Crippen LogP contribution in [0.5, 0.6) is 0 Å². The van der Waals surface area contributed by atoms with E-state index in [1.807, 2.05) is 0 Å². The summed E-state index contributed by atoms with van der Waals surface area (Å²) in [6.45, 7) is 3.15. The maximum atomic E-state index is 13.8. The molecule has 2 N–H and O–H groups in total. The fourth-order valence-electron chi connectivity index (χ4n) is 4.39. The predicted molar refractivity (Wildman–Crippen MR) is 105 cm³/mol. The summed E-state index contributed by atoms with van der Waals surface area (Å²) in [6, 6.07) is 7.40. The van der Waals surface area contributed by atoms with Gasteiger partial charge in [-0.25, -0.2) is 4.39 Å². The average Bonchev–Trinajstić information content (AvgIpc) is 3.19. The standard InChI is InChI=1S/C22H33FN2O2/c1-2-13-27-21-12-11-16(14-20(21)25-18-8-4-5-9-18)22(26)24-15-17-7-3-6-10-19(17)23/h3,6-7,10,16,18,20-21,25H,2,4-5,8-9,11-15H2,1H3,(H,24,26)/t16-,20+,21+/m0/s1. The third-order valence-corrected chi connectivity index (χ3v) is 5.91. The van der Waals surface area contributed by atoms with Crippen molar-refractivity contribution >= 4 is 5.91 Å². The van der Waals surface area contributed by atoms with Gasteiger partial charge in [0, 0.05) is 36.7 Å². The first-order valence-corrected chi connectivity index (χ1v) is 10.6. The molecular weight excluding hydrogens is 343 g/mol. The van der Waals surface area contributed by atoms with Crippen LogP contribution >= 0.6 is 0 Å². The molecular formula is C22H33FN2O2. The molecule has 0 unspecified atom stereocenters. The summed E-state index contributed by atoms with van der Waals surface area (Å²) in [4.78, 5) is 12.7. The molecule has 0 aliphatic heterocycles. The summed E-state index contributed by atoms with van der Waals surface area (Å²) in [6.07, 6.45) is 8.77. The molecule has 4 nitrogen and oxygen atoms in total. The number of benzene rings is 1. The summed E-state index contributed by atoms with van der Waals surface area (Å²) in [5, 5.41) is 6.71. The number of carbonyl (C=O) groups is 1. The van der Waals surface area contributed by atoms with Crippen LogP contribution in [0.4, 0.5) is 4.39 Å². The number of hydrogen-bond acceptors (Lipinski definition) is 3. The average molecular weight is 377 g/mol. The van der Waals surface area contributed by atoms with E-state index in [4.69, 9.17) is 4.74 Å². The molecule has 150 valence electrons. The summed E-state index contributed by atoms with van der Waals surface area (Å²) in [7, 11) is 0. The Morgan fingerprint density at radius 1 is 1.19 bits per heavy atom. The van der Waals surface area contributed by atoms with Crippen molar-refractivity contribution in [2.45, 2.75) is 83.0 Å². The van der Waals surface area contributed by atoms with Crippen molar-refractivity contribution in [2.24, 2.45) is 5.92 Å². The Bertz CT molecular complexity index is 604. The fourth-order valence-corrected chi connectivity index (χ4v) is 4.39. The van der Waals surface area contributed by atoms with Crippen LogP contribution in [-0.4, -0.2) is 30.7 Å². The lowest BCUT2D eigenvalue weighted by atomic mass is 9.82. The molecule has 0 heterocycles. The van der Waals surface area contributed by atoms with Crippen LogP contribution in [0.1, 0.15) is 63.9 Å². The van der Waals surface area contributed by atoms with E-state index >= 15 is 0 Å². The third kappa shape index (κ3) is 5.76. The first-order chi connectivity index (χ1) is 13.2. The number of amides is 1. The minimum absolute atomic E-state index is 0.0304. The van der Waals surface area contributed by atoms with Gasteiger partial charge in [0.15, 0.2) is 0 Å². The van der Waals surface area contributed by atoms with Crippen LogP contribution in [-0.2, 0) is 16.1 Å². The van der Waals surface area contributed by atoms with E-state index in [1.165, 1.54) is 31.7 Å². The Morgan fingerprint density at radius 2 is 1.96 bits per heavy atom. The van der Waals surface area contributed by atoms with E-state index < -0.39 is 0 Å². The smallest absolute Gasteiger partial charge is 0.223 e. The summed E-state index contributed by atoms with van der Waals surface area (Å²) < 4.78 is 19.8. The molecule has 1 aromatic rings. The zero-order valence-corrected chi connectivity index (χ0v) is 16.4. The molecule has 2 aliphatic carbocycles. The lowest BCUT2D eigenvalue weighted by Gasteiger charge is -2.37. The minimum Gasteiger partial charge on any atom is -0.377 e. The van der Waals surface area contributed by atoms with Gasteiger partial charge in [-0.2, -0.15) is 0 Å². The molecule has 0 bridgehead atoms. The molecule has 0 radical (unpaired) electrons. The molecule has 1 amide bonds. The second-order valence-electron chi connectivity index (χ2n) is 7.98. The van der Waals surface area contributed by atoms with E-state index in [9.17, 15) is 9.18 Å². The fraction of sp³-hybridized carbons (Fsp3) is 0.682. The molecule has 2 fully saturated rings. The van der Waals surface area contributed by atoms with Crippen molar-refractivity contribution in [1.29, 1.82) is 0 Å². The Morgan fingerprint density at radius 3 is 2.70 bits per heavy atom. The van der Waals surface area contributed by atoms with E-state index in [0.29, 0.717) is 11.6 Å². The van der Waals surface area contributed by atoms with Crippen molar-refractivity contribution in [1.82, 2.24) is 10.6 Å². The van der Waals surface area contributed by atoms with Gasteiger partial charge in [0.05, 0.1) is 6.10 Å². The molecule has 5 heteroatoms. The van der Waals surface area contributed by atoms with Crippen molar-refractivity contribution in [2.75, 3.05) is 6.61 Å². The normalized spacial score (nSPS) is 26.2. The van der Waals surface area contributed by atoms with Gasteiger partial charge in [0.1, 0.15) is 5.82 Å². The molecule has 0 saturated heterocycles. The van der Waals surface area contributed by atoms with Gasteiger partial charge in [-0.3, -0.25) is 4.79 Å². The Labute approximate surface area is 162 Å². The molecule has 3 atom stereocenters. The molecule has 0 spiro atoms. The lowest BCUT2D eigenvalue weighted by Crippen LogP contribution is -2.51. The topological polar surface area (TPSA) is 50.4 Å². The third-order valence-electron chi connectivity index (χ3n) is 5.91. The van der Waals surface area contributed by atoms with E-state index in [-0.39, 0.29) is 36.3 Å². The summed E-state index contributed by atoms with van der Waals surface area (Å²) in [5.41, 5.74) is 0.534. The Kier molecular flexibility index (Phi) is 7.65. The van der Waals surface area contributed by atoms with Gasteiger partial charge < -0.3 is 15.4 Å². The highest BCUT2D eigenvalue weighted by molar-refractivity contribution is 5.78. The Hall–Kier alpha value is -1.46. The molecule has 27 heavy (non-hydrogen) atoms. The lowest BCUT2D eigenvalue weighted by molar-refractivity contribution is -0.128. The number of nitrogens with one attached hydrogen (secondary N) is 2. The van der Waals surface area contributed by atoms with Crippen LogP contribution < -0.4 is 10.6 Å². The van der Waals surface area contributed by atoms with Crippen molar-refractivity contribution in [3.05, 3.63) is 35.6 Å². The first kappa shape index (κ1) is 20.3. The van der Waals surface area contributed by atoms with Gasteiger partial charge in [-0.15, -0.1) is 0 Å². The van der Waals surface area contributed by atoms with Gasteiger partial charge in [0.2, 0.25) is 5.91 Å². The highest BCUT2D eigenvalue weighted by atomic mass is 19.1. The van der Waals surface area contributed by atoms with Gasteiger partial charge in [-0.1, -0.05) is 38.0 Å². The first-order valence-electron chi connectivity index (χ1n) is 10.6. The second kappa shape index (κ2) is 10.2. The largest absolute Gasteiger partial charge is 0.377 e. The molecule has 1 aromatic carbocycles. The zero-order valence-electron chi connectivity index (χ0n) is 16.4. The van der Waals surface area contributed by atoms with Crippen LogP contribution in [0.25, 0.3) is 0 Å². The molecule has 3 rings (SSSR count). The summed E-state index contributed by atoms with van der Waals surface area (Å²) >= 11 is 0. The van der Waals surface area contributed by atoms with Crippen LogP contribution in [0.2, 0.25) is 0 Å². The van der Waals surface area contributed by atoms with Gasteiger partial charge >= 0.3 is 0 Å². The zero-order chi connectivity index (χ0) is 19.1. The minimum atomic E-state index is -0.268. The number of halogens is 1. The van der Waals surface area contributed by atoms with E-state index in [1.54, 1.807) is 18.2 Å². The maximum Gasteiger partial charge on any atom is 0.223 e. The number of hydrogen-bond donors (Lipinski definition) is 2. The number of rotatable bonds is 8. The maximum absolute atomic E-state index is 13.8. The van der Waals surface area contributed by atoms with Crippen LogP contribution in [0.3, 0.4) is 0 Å². The van der Waals surface area contributed by atoms with Gasteiger partial charge in [-0.05, 0) is 44.6 Å². The number of carbonyl (C=O) groups excluding carboxylic acids is 1. The Balaban J connectivity index is 1.55. The SMILES string of the molecule is CCCO[C@@H]1CC[C@H](C(=O)NCc2ccccc2F)C[C@H]1NC1CCCC1. The van der Waals surface area contributed by atoms with Gasteiger partial charge in [0.25, 0.3) is 0 Å². The molecule has 0 aromatic heterocycles. The van der Waals surface area contributed by atoms with Crippen molar-refractivity contribution in [3.8, 4) is 0 Å². The molecule has 2 aliphatic rings. The summed E-state index contributed by atoms with van der Waals surface area (Å²) in [5.74, 6) is -0.266. The van der Waals surface area contributed by atoms with E-state index in [2.05, 4.69) is 17.6 Å². The monoisotopic (exact) mass is 376 g/mol. The predicted octanol–water partition coefficient (Wildman–Crippen LogP) is 3.94. The second-order valence-corrected chi connectivity index (χ2v) is 7.98.